The van der Waals surface area contributed by atoms with Crippen LogP contribution in [0.5, 0.6) is 16.6 Å². The van der Waals surface area contributed by atoms with Crippen molar-refractivity contribution < 1.29 is 32.6 Å². The number of hydrogen-bond donors (Lipinski definition) is 2. The van der Waals surface area contributed by atoms with Gasteiger partial charge >= 0.3 is 5.97 Å². The number of nitrogens with one attached hydrogen (secondary N) is 1. The minimum atomic E-state index is -3.38. The number of thiazole rings is 1. The lowest BCUT2D eigenvalue weighted by Crippen LogP contribution is -2.25. The third kappa shape index (κ3) is 6.39. The molecule has 1 fully saturated rings. The number of carboxylic acid groups (broad SMARTS) is 1. The van der Waals surface area contributed by atoms with Crippen LogP contribution in [-0.2, 0) is 14.6 Å². The Morgan fingerprint density at radius 3 is 2.23 bits per heavy atom. The first-order chi connectivity index (χ1) is 18.7. The lowest BCUT2D eigenvalue weighted by Gasteiger charge is -2.19. The molecule has 1 amide bonds. The number of nitrogens with zero attached hydrogens (tertiary/aromatic N) is 1. The highest BCUT2D eigenvalue weighted by Crippen LogP contribution is 2.35. The fourth-order valence-corrected chi connectivity index (χ4v) is 6.12. The van der Waals surface area contributed by atoms with Crippen LogP contribution in [0.2, 0.25) is 5.02 Å². The number of amides is 1. The first-order valence-electron chi connectivity index (χ1n) is 11.7. The molecule has 1 unspecified atom stereocenters. The van der Waals surface area contributed by atoms with Crippen molar-refractivity contribution >= 4 is 49.8 Å². The Labute approximate surface area is 232 Å². The maximum Gasteiger partial charge on any atom is 0.335 e. The summed E-state index contributed by atoms with van der Waals surface area (Å²) < 4.78 is 36.9. The number of hydrogen-bond acceptors (Lipinski definition) is 8. The average Bonchev–Trinajstić information content (AvgIpc) is 3.71. The van der Waals surface area contributed by atoms with Crippen LogP contribution < -0.4 is 14.8 Å². The molecule has 0 bridgehead atoms. The average molecular weight is 585 g/mol. The third-order valence-corrected chi connectivity index (χ3v) is 9.14. The molecule has 1 heterocycles. The second-order valence-electron chi connectivity index (χ2n) is 8.67. The summed E-state index contributed by atoms with van der Waals surface area (Å²) in [6.07, 6.45) is 1.61. The van der Waals surface area contributed by atoms with Crippen molar-refractivity contribution in [3.05, 3.63) is 95.1 Å². The van der Waals surface area contributed by atoms with Crippen molar-refractivity contribution in [2.45, 2.75) is 29.1 Å². The van der Waals surface area contributed by atoms with Crippen LogP contribution in [0.3, 0.4) is 0 Å². The van der Waals surface area contributed by atoms with Crippen LogP contribution in [-0.4, -0.2) is 35.6 Å². The van der Waals surface area contributed by atoms with Gasteiger partial charge in [-0.3, -0.25) is 10.1 Å². The van der Waals surface area contributed by atoms with Crippen molar-refractivity contribution in [1.29, 1.82) is 0 Å². The zero-order valence-corrected chi connectivity index (χ0v) is 22.5. The van der Waals surface area contributed by atoms with Crippen LogP contribution >= 0.6 is 22.9 Å². The second kappa shape index (κ2) is 11.0. The Kier molecular flexibility index (Phi) is 7.56. The van der Waals surface area contributed by atoms with Gasteiger partial charge in [0.2, 0.25) is 11.2 Å². The molecule has 39 heavy (non-hydrogen) atoms. The van der Waals surface area contributed by atoms with Crippen LogP contribution in [0.25, 0.3) is 0 Å². The van der Waals surface area contributed by atoms with E-state index in [1.54, 1.807) is 36.4 Å². The molecule has 12 heteroatoms. The zero-order valence-electron chi connectivity index (χ0n) is 20.1. The fourth-order valence-electron chi connectivity index (χ4n) is 3.64. The number of carbonyl (C=O) groups is 2. The summed E-state index contributed by atoms with van der Waals surface area (Å²) >= 11 is 7.04. The first-order valence-corrected chi connectivity index (χ1v) is 14.5. The highest BCUT2D eigenvalue weighted by atomic mass is 35.5. The number of ether oxygens (including phenoxy) is 2. The molecule has 0 aliphatic heterocycles. The predicted molar refractivity (Wildman–Crippen MR) is 146 cm³/mol. The van der Waals surface area contributed by atoms with E-state index < -0.39 is 27.8 Å². The summed E-state index contributed by atoms with van der Waals surface area (Å²) in [5, 5.41) is 12.5. The molecule has 5 rings (SSSR count). The van der Waals surface area contributed by atoms with Crippen molar-refractivity contribution in [2.24, 2.45) is 0 Å². The van der Waals surface area contributed by atoms with E-state index in [-0.39, 0.29) is 20.8 Å². The molecule has 1 saturated carbocycles. The Morgan fingerprint density at radius 2 is 1.62 bits per heavy atom. The molecular weight excluding hydrogens is 564 g/mol. The largest absolute Gasteiger partial charge is 0.478 e. The van der Waals surface area contributed by atoms with E-state index in [2.05, 4.69) is 10.3 Å². The summed E-state index contributed by atoms with van der Waals surface area (Å²) in [5.74, 6) is -0.776. The van der Waals surface area contributed by atoms with Gasteiger partial charge in [0.15, 0.2) is 15.0 Å². The number of sulfone groups is 1. The summed E-state index contributed by atoms with van der Waals surface area (Å²) in [7, 11) is -3.38. The van der Waals surface area contributed by atoms with E-state index in [1.807, 2.05) is 0 Å². The molecular formula is C27H21ClN2O7S2. The Morgan fingerprint density at radius 1 is 0.974 bits per heavy atom. The number of carbonyl (C=O) groups excluding carboxylic acids is 1. The molecule has 1 atom stereocenters. The van der Waals surface area contributed by atoms with Gasteiger partial charge in [-0.15, -0.1) is 0 Å². The quantitative estimate of drug-likeness (QED) is 0.233. The maximum atomic E-state index is 13.3. The van der Waals surface area contributed by atoms with Gasteiger partial charge in [0.1, 0.15) is 11.5 Å². The van der Waals surface area contributed by atoms with Gasteiger partial charge in [0.25, 0.3) is 5.91 Å². The standard InChI is InChI=1S/C27H21ClN2O7S2/c28-18-5-9-20(10-6-18)37-24(16-3-11-21(12-4-16)39(34,35)22-13-14-22)25(31)30-27-29-15-23(38-27)36-19-7-1-17(2-8-19)26(32)33/h1-12,15,22,24H,13-14H2,(H,32,33)(H,29,30,31). The molecule has 1 aromatic heterocycles. The minimum absolute atomic E-state index is 0.129. The molecule has 0 saturated heterocycles. The van der Waals surface area contributed by atoms with Gasteiger partial charge in [-0.2, -0.15) is 0 Å². The molecule has 1 aliphatic carbocycles. The SMILES string of the molecule is O=C(O)c1ccc(Oc2cnc(NC(=O)C(Oc3ccc(Cl)cc3)c3ccc(S(=O)(=O)C4CC4)cc3)s2)cc1. The Balaban J connectivity index is 1.33. The lowest BCUT2D eigenvalue weighted by atomic mass is 10.1. The smallest absolute Gasteiger partial charge is 0.335 e. The second-order valence-corrected chi connectivity index (χ2v) is 12.3. The van der Waals surface area contributed by atoms with E-state index in [4.69, 9.17) is 26.2 Å². The van der Waals surface area contributed by atoms with Gasteiger partial charge in [0.05, 0.1) is 21.9 Å². The number of aromatic nitrogens is 1. The summed E-state index contributed by atoms with van der Waals surface area (Å²) in [5.41, 5.74) is 0.577. The van der Waals surface area contributed by atoms with E-state index >= 15 is 0 Å². The van der Waals surface area contributed by atoms with Crippen LogP contribution in [0, 0.1) is 0 Å². The summed E-state index contributed by atoms with van der Waals surface area (Å²) in [6.45, 7) is 0. The maximum absolute atomic E-state index is 13.3. The van der Waals surface area contributed by atoms with Crippen molar-refractivity contribution in [1.82, 2.24) is 4.98 Å². The molecule has 200 valence electrons. The van der Waals surface area contributed by atoms with Gasteiger partial charge in [-0.25, -0.2) is 18.2 Å². The van der Waals surface area contributed by atoms with Crippen molar-refractivity contribution in [3.8, 4) is 16.6 Å². The zero-order chi connectivity index (χ0) is 27.6. The van der Waals surface area contributed by atoms with Gasteiger partial charge in [-0.05, 0) is 73.5 Å². The number of aromatic carboxylic acids is 1. The van der Waals surface area contributed by atoms with Crippen LogP contribution in [0.4, 0.5) is 5.13 Å². The Bertz CT molecular complexity index is 1600. The normalized spacial score (nSPS) is 13.9. The predicted octanol–water partition coefficient (Wildman–Crippen LogP) is 5.98. The summed E-state index contributed by atoms with van der Waals surface area (Å²) in [4.78, 5) is 28.8. The van der Waals surface area contributed by atoms with Gasteiger partial charge in [0, 0.05) is 10.6 Å². The number of benzene rings is 3. The summed E-state index contributed by atoms with van der Waals surface area (Å²) in [6, 6.07) is 18.5. The molecule has 4 aromatic rings. The molecule has 3 aromatic carbocycles. The van der Waals surface area contributed by atoms with E-state index in [0.717, 1.165) is 11.3 Å². The molecule has 0 spiro atoms. The molecule has 9 nitrogen and oxygen atoms in total. The van der Waals surface area contributed by atoms with E-state index in [9.17, 15) is 18.0 Å². The highest BCUT2D eigenvalue weighted by Gasteiger charge is 2.37. The van der Waals surface area contributed by atoms with Gasteiger partial charge < -0.3 is 14.6 Å². The fraction of sp³-hybridized carbons (Fsp3) is 0.148. The first kappa shape index (κ1) is 26.7. The number of anilines is 1. The third-order valence-electron chi connectivity index (χ3n) is 5.81. The van der Waals surface area contributed by atoms with Gasteiger partial charge in [-0.1, -0.05) is 35.1 Å². The Hall–Kier alpha value is -3.93. The number of carboxylic acids is 1. The topological polar surface area (TPSA) is 132 Å². The van der Waals surface area contributed by atoms with Crippen LogP contribution in [0.15, 0.2) is 83.9 Å². The molecule has 0 radical (unpaired) electrons. The number of halogens is 1. The minimum Gasteiger partial charge on any atom is -0.478 e. The van der Waals surface area contributed by atoms with Crippen molar-refractivity contribution in [3.63, 3.8) is 0 Å². The number of rotatable bonds is 10. The lowest BCUT2D eigenvalue weighted by molar-refractivity contribution is -0.123. The molecule has 1 aliphatic rings. The van der Waals surface area contributed by atoms with Crippen molar-refractivity contribution in [2.75, 3.05) is 5.32 Å². The van der Waals surface area contributed by atoms with E-state index in [0.29, 0.717) is 40.0 Å². The molecule has 2 N–H and O–H groups in total. The van der Waals surface area contributed by atoms with E-state index in [1.165, 1.54) is 42.6 Å². The monoisotopic (exact) mass is 584 g/mol. The van der Waals surface area contributed by atoms with Crippen LogP contribution in [0.1, 0.15) is 34.9 Å². The highest BCUT2D eigenvalue weighted by molar-refractivity contribution is 7.92.